The lowest BCUT2D eigenvalue weighted by Gasteiger charge is -2.30. The summed E-state index contributed by atoms with van der Waals surface area (Å²) in [6, 6.07) is 15.7. The molecular weight excluding hydrogens is 316 g/mol. The van der Waals surface area contributed by atoms with E-state index >= 15 is 0 Å². The second-order valence-corrected chi connectivity index (χ2v) is 6.45. The zero-order chi connectivity index (χ0) is 17.4. The van der Waals surface area contributed by atoms with Gasteiger partial charge in [0.2, 0.25) is 5.91 Å². The SMILES string of the molecule is COc1ccc(N2C(=O)[C@@H]3CCCN3[C@H]2c2cccc(OC)c2)cc1. The largest absolute Gasteiger partial charge is 0.497 e. The van der Waals surface area contributed by atoms with Crippen LogP contribution in [0.5, 0.6) is 11.5 Å². The lowest BCUT2D eigenvalue weighted by Crippen LogP contribution is -2.32. The third-order valence-corrected chi connectivity index (χ3v) is 5.12. The first-order valence-electron chi connectivity index (χ1n) is 8.60. The standard InChI is InChI=1S/C20H22N2O3/c1-24-16-10-8-15(9-11-16)22-19(14-5-3-6-17(13-14)25-2)21-12-4-7-18(21)20(22)23/h3,5-6,8-11,13,18-19H,4,7,12H2,1-2H3/t18-,19+/m0/s1. The Kier molecular flexibility index (Phi) is 4.09. The number of ether oxygens (including phenoxy) is 2. The Morgan fingerprint density at radius 1 is 1.00 bits per heavy atom. The fourth-order valence-corrected chi connectivity index (χ4v) is 3.93. The van der Waals surface area contributed by atoms with Crippen molar-refractivity contribution in [2.24, 2.45) is 0 Å². The molecule has 4 rings (SSSR count). The highest BCUT2D eigenvalue weighted by atomic mass is 16.5. The summed E-state index contributed by atoms with van der Waals surface area (Å²) in [6.45, 7) is 0.935. The van der Waals surface area contributed by atoms with Gasteiger partial charge in [-0.05, 0) is 54.8 Å². The Balaban J connectivity index is 1.77. The van der Waals surface area contributed by atoms with E-state index in [4.69, 9.17) is 9.47 Å². The lowest BCUT2D eigenvalue weighted by atomic mass is 10.1. The predicted octanol–water partition coefficient (Wildman–Crippen LogP) is 3.21. The van der Waals surface area contributed by atoms with Crippen molar-refractivity contribution < 1.29 is 14.3 Å². The van der Waals surface area contributed by atoms with Crippen LogP contribution in [0, 0.1) is 0 Å². The van der Waals surface area contributed by atoms with Gasteiger partial charge in [0.05, 0.1) is 20.3 Å². The quantitative estimate of drug-likeness (QED) is 0.858. The molecule has 2 aromatic rings. The maximum absolute atomic E-state index is 13.1. The van der Waals surface area contributed by atoms with Crippen molar-refractivity contribution in [2.45, 2.75) is 25.0 Å². The van der Waals surface area contributed by atoms with Gasteiger partial charge in [-0.3, -0.25) is 14.6 Å². The second kappa shape index (κ2) is 6.41. The molecule has 5 nitrogen and oxygen atoms in total. The monoisotopic (exact) mass is 338 g/mol. The minimum absolute atomic E-state index is 0.0293. The Hall–Kier alpha value is -2.53. The molecule has 2 fully saturated rings. The van der Waals surface area contributed by atoms with Crippen molar-refractivity contribution in [3.05, 3.63) is 54.1 Å². The normalized spacial score (nSPS) is 23.0. The van der Waals surface area contributed by atoms with Gasteiger partial charge >= 0.3 is 0 Å². The number of carbonyl (C=O) groups is 1. The molecule has 0 saturated carbocycles. The van der Waals surface area contributed by atoms with Crippen LogP contribution in [-0.2, 0) is 4.79 Å². The average molecular weight is 338 g/mol. The molecule has 0 aliphatic carbocycles. The van der Waals surface area contributed by atoms with Gasteiger partial charge < -0.3 is 9.47 Å². The molecule has 1 amide bonds. The summed E-state index contributed by atoms with van der Waals surface area (Å²) in [5, 5.41) is 0. The number of hydrogen-bond donors (Lipinski definition) is 0. The Labute approximate surface area is 147 Å². The number of nitrogens with zero attached hydrogens (tertiary/aromatic N) is 2. The van der Waals surface area contributed by atoms with Crippen LogP contribution >= 0.6 is 0 Å². The van der Waals surface area contributed by atoms with E-state index in [0.717, 1.165) is 42.1 Å². The van der Waals surface area contributed by atoms with E-state index in [0.29, 0.717) is 0 Å². The fraction of sp³-hybridized carbons (Fsp3) is 0.350. The van der Waals surface area contributed by atoms with Crippen LogP contribution in [0.2, 0.25) is 0 Å². The zero-order valence-electron chi connectivity index (χ0n) is 14.5. The summed E-state index contributed by atoms with van der Waals surface area (Å²) >= 11 is 0. The minimum atomic E-state index is -0.0940. The smallest absolute Gasteiger partial charge is 0.246 e. The summed E-state index contributed by atoms with van der Waals surface area (Å²) in [5.74, 6) is 1.77. The van der Waals surface area contributed by atoms with Crippen LogP contribution in [0.25, 0.3) is 0 Å². The molecule has 0 N–H and O–H groups in total. The van der Waals surface area contributed by atoms with Gasteiger partial charge in [0, 0.05) is 12.2 Å². The number of rotatable bonds is 4. The predicted molar refractivity (Wildman–Crippen MR) is 95.9 cm³/mol. The highest BCUT2D eigenvalue weighted by molar-refractivity contribution is 6.00. The van der Waals surface area contributed by atoms with Crippen LogP contribution in [0.15, 0.2) is 48.5 Å². The van der Waals surface area contributed by atoms with E-state index in [2.05, 4.69) is 11.0 Å². The fourth-order valence-electron chi connectivity index (χ4n) is 3.93. The molecule has 0 unspecified atom stereocenters. The molecule has 2 atom stereocenters. The van der Waals surface area contributed by atoms with E-state index in [1.807, 2.05) is 47.4 Å². The second-order valence-electron chi connectivity index (χ2n) is 6.45. The molecule has 2 aromatic carbocycles. The summed E-state index contributed by atoms with van der Waals surface area (Å²) in [7, 11) is 3.31. The Bertz CT molecular complexity index is 775. The summed E-state index contributed by atoms with van der Waals surface area (Å²) in [4.78, 5) is 17.3. The van der Waals surface area contributed by atoms with Gasteiger partial charge in [0.1, 0.15) is 17.7 Å². The maximum atomic E-state index is 13.1. The van der Waals surface area contributed by atoms with Gasteiger partial charge in [0.15, 0.2) is 0 Å². The number of methoxy groups -OCH3 is 2. The lowest BCUT2D eigenvalue weighted by molar-refractivity contribution is -0.119. The third kappa shape index (κ3) is 2.65. The van der Waals surface area contributed by atoms with Gasteiger partial charge in [-0.1, -0.05) is 12.1 Å². The molecule has 0 aromatic heterocycles. The molecule has 25 heavy (non-hydrogen) atoms. The first-order chi connectivity index (χ1) is 12.2. The van der Waals surface area contributed by atoms with Crippen LogP contribution in [0.3, 0.4) is 0 Å². The number of hydrogen-bond acceptors (Lipinski definition) is 4. The first kappa shape index (κ1) is 16.0. The van der Waals surface area contributed by atoms with Crippen molar-refractivity contribution in [3.63, 3.8) is 0 Å². The average Bonchev–Trinajstić information content (AvgIpc) is 3.24. The molecule has 2 saturated heterocycles. The number of carbonyl (C=O) groups excluding carboxylic acids is 1. The van der Waals surface area contributed by atoms with E-state index in [1.165, 1.54) is 0 Å². The van der Waals surface area contributed by atoms with E-state index in [9.17, 15) is 4.79 Å². The molecule has 5 heteroatoms. The van der Waals surface area contributed by atoms with Crippen molar-refractivity contribution in [3.8, 4) is 11.5 Å². The summed E-state index contributed by atoms with van der Waals surface area (Å²) in [5.41, 5.74) is 1.97. The van der Waals surface area contributed by atoms with Crippen LogP contribution in [-0.4, -0.2) is 37.6 Å². The molecule has 0 bridgehead atoms. The highest BCUT2D eigenvalue weighted by Crippen LogP contribution is 2.43. The van der Waals surface area contributed by atoms with E-state index in [1.54, 1.807) is 14.2 Å². The zero-order valence-corrected chi connectivity index (χ0v) is 14.5. The Morgan fingerprint density at radius 3 is 2.48 bits per heavy atom. The molecule has 2 aliphatic heterocycles. The molecule has 0 radical (unpaired) electrons. The maximum Gasteiger partial charge on any atom is 0.246 e. The van der Waals surface area contributed by atoms with Crippen LogP contribution < -0.4 is 14.4 Å². The summed E-state index contributed by atoms with van der Waals surface area (Å²) in [6.07, 6.45) is 1.89. The topological polar surface area (TPSA) is 42.0 Å². The van der Waals surface area contributed by atoms with Crippen molar-refractivity contribution >= 4 is 11.6 Å². The first-order valence-corrected chi connectivity index (χ1v) is 8.60. The van der Waals surface area contributed by atoms with E-state index in [-0.39, 0.29) is 18.1 Å². The van der Waals surface area contributed by atoms with Crippen molar-refractivity contribution in [1.29, 1.82) is 0 Å². The minimum Gasteiger partial charge on any atom is -0.497 e. The highest BCUT2D eigenvalue weighted by Gasteiger charge is 2.49. The number of benzene rings is 2. The van der Waals surface area contributed by atoms with Gasteiger partial charge in [-0.25, -0.2) is 0 Å². The molecule has 2 aliphatic rings. The molecule has 130 valence electrons. The van der Waals surface area contributed by atoms with Crippen LogP contribution in [0.4, 0.5) is 5.69 Å². The summed E-state index contributed by atoms with van der Waals surface area (Å²) < 4.78 is 10.6. The van der Waals surface area contributed by atoms with Gasteiger partial charge in [0.25, 0.3) is 0 Å². The molecule has 2 heterocycles. The number of fused-ring (bicyclic) bond motifs is 1. The van der Waals surface area contributed by atoms with Crippen LogP contribution in [0.1, 0.15) is 24.6 Å². The number of anilines is 1. The third-order valence-electron chi connectivity index (χ3n) is 5.12. The number of amides is 1. The van der Waals surface area contributed by atoms with E-state index < -0.39 is 0 Å². The van der Waals surface area contributed by atoms with Crippen molar-refractivity contribution in [2.75, 3.05) is 25.7 Å². The van der Waals surface area contributed by atoms with Crippen molar-refractivity contribution in [1.82, 2.24) is 4.90 Å². The molecule has 0 spiro atoms. The van der Waals surface area contributed by atoms with Gasteiger partial charge in [-0.2, -0.15) is 0 Å². The van der Waals surface area contributed by atoms with Gasteiger partial charge in [-0.15, -0.1) is 0 Å². The molecular formula is C20H22N2O3. The Morgan fingerprint density at radius 2 is 1.76 bits per heavy atom.